The zero-order valence-electron chi connectivity index (χ0n) is 11.7. The van der Waals surface area contributed by atoms with E-state index >= 15 is 0 Å². The van der Waals surface area contributed by atoms with Crippen LogP contribution in [-0.2, 0) is 25.2 Å². The smallest absolute Gasteiger partial charge is 0.232 e. The van der Waals surface area contributed by atoms with Crippen LogP contribution in [0.3, 0.4) is 0 Å². The summed E-state index contributed by atoms with van der Waals surface area (Å²) in [5.74, 6) is -0.418. The third-order valence-electron chi connectivity index (χ3n) is 2.24. The fourth-order valence-electron chi connectivity index (χ4n) is 1.12. The second-order valence-corrected chi connectivity index (χ2v) is 6.11. The van der Waals surface area contributed by atoms with E-state index in [4.69, 9.17) is 0 Å². The van der Waals surface area contributed by atoms with Gasteiger partial charge < -0.3 is 10.6 Å². The molecule has 7 heteroatoms. The average molecular weight is 290 g/mol. The quantitative estimate of drug-likeness (QED) is 0.565. The fraction of sp³-hybridized carbons (Fsp3) is 0.750. The van der Waals surface area contributed by atoms with Gasteiger partial charge in [0.05, 0.1) is 0 Å². The van der Waals surface area contributed by atoms with Gasteiger partial charge in [0.1, 0.15) is 11.5 Å². The molecule has 0 saturated heterocycles. The van der Waals surface area contributed by atoms with E-state index in [1.807, 2.05) is 0 Å². The summed E-state index contributed by atoms with van der Waals surface area (Å²) in [4.78, 5) is 33.3. The summed E-state index contributed by atoms with van der Waals surface area (Å²) < 4.78 is 11.4. The molecule has 0 aliphatic rings. The molecule has 0 rings (SSSR count). The lowest BCUT2D eigenvalue weighted by molar-refractivity contribution is -0.124. The molecule has 0 saturated carbocycles. The van der Waals surface area contributed by atoms with Crippen molar-refractivity contribution in [2.75, 3.05) is 24.6 Å². The minimum Gasteiger partial charge on any atom is -0.354 e. The van der Waals surface area contributed by atoms with Crippen molar-refractivity contribution in [1.82, 2.24) is 10.6 Å². The largest absolute Gasteiger partial charge is 0.354 e. The number of carbonyl (C=O) groups is 3. The topological polar surface area (TPSA) is 92.3 Å². The van der Waals surface area contributed by atoms with E-state index in [1.165, 1.54) is 6.92 Å². The Morgan fingerprint density at radius 3 is 2.21 bits per heavy atom. The van der Waals surface area contributed by atoms with Crippen LogP contribution in [-0.4, -0.2) is 46.4 Å². The second kappa shape index (κ2) is 9.66. The Balaban J connectivity index is 3.67. The van der Waals surface area contributed by atoms with E-state index in [-0.39, 0.29) is 41.4 Å². The highest BCUT2D eigenvalue weighted by molar-refractivity contribution is 7.85. The van der Waals surface area contributed by atoms with Gasteiger partial charge in [-0.15, -0.1) is 0 Å². The number of rotatable bonds is 9. The number of hydrogen-bond acceptors (Lipinski definition) is 4. The van der Waals surface area contributed by atoms with Crippen LogP contribution in [0.4, 0.5) is 0 Å². The Labute approximate surface area is 116 Å². The molecule has 2 amide bonds. The molecule has 0 radical (unpaired) electrons. The molecular formula is C12H22N2O4S. The van der Waals surface area contributed by atoms with Crippen molar-refractivity contribution in [3.8, 4) is 0 Å². The van der Waals surface area contributed by atoms with Crippen molar-refractivity contribution < 1.29 is 18.6 Å². The van der Waals surface area contributed by atoms with Crippen LogP contribution in [0.2, 0.25) is 0 Å². The first-order valence-corrected chi connectivity index (χ1v) is 7.70. The summed E-state index contributed by atoms with van der Waals surface area (Å²) in [6, 6.07) is 0. The molecule has 110 valence electrons. The van der Waals surface area contributed by atoms with E-state index in [2.05, 4.69) is 10.6 Å². The van der Waals surface area contributed by atoms with Crippen molar-refractivity contribution in [2.24, 2.45) is 5.92 Å². The monoisotopic (exact) mass is 290 g/mol. The van der Waals surface area contributed by atoms with Crippen LogP contribution in [0, 0.1) is 5.92 Å². The van der Waals surface area contributed by atoms with Crippen LogP contribution in [0.5, 0.6) is 0 Å². The molecule has 6 nitrogen and oxygen atoms in total. The molecule has 1 atom stereocenters. The lowest BCUT2D eigenvalue weighted by Crippen LogP contribution is -2.38. The van der Waals surface area contributed by atoms with Gasteiger partial charge in [-0.2, -0.15) is 0 Å². The molecule has 0 aromatic carbocycles. The lowest BCUT2D eigenvalue weighted by atomic mass is 10.2. The molecule has 2 N–H and O–H groups in total. The molecule has 0 heterocycles. The van der Waals surface area contributed by atoms with Gasteiger partial charge in [-0.3, -0.25) is 18.6 Å². The maximum atomic E-state index is 11.4. The number of carbonyl (C=O) groups excluding carboxylic acids is 3. The average Bonchev–Trinajstić information content (AvgIpc) is 2.31. The van der Waals surface area contributed by atoms with Gasteiger partial charge in [0.25, 0.3) is 0 Å². The van der Waals surface area contributed by atoms with Crippen molar-refractivity contribution >= 4 is 28.4 Å². The molecule has 19 heavy (non-hydrogen) atoms. The zero-order valence-corrected chi connectivity index (χ0v) is 12.5. The van der Waals surface area contributed by atoms with Crippen molar-refractivity contribution in [3.63, 3.8) is 0 Å². The third-order valence-corrected chi connectivity index (χ3v) is 3.49. The maximum absolute atomic E-state index is 11.4. The van der Waals surface area contributed by atoms with Crippen LogP contribution < -0.4 is 10.6 Å². The summed E-state index contributed by atoms with van der Waals surface area (Å²) in [7, 11) is -1.31. The van der Waals surface area contributed by atoms with Gasteiger partial charge in [-0.05, 0) is 6.92 Å². The molecule has 0 spiro atoms. The van der Waals surface area contributed by atoms with Crippen LogP contribution in [0.1, 0.15) is 27.2 Å². The van der Waals surface area contributed by atoms with Gasteiger partial charge in [0, 0.05) is 42.0 Å². The van der Waals surface area contributed by atoms with Crippen LogP contribution in [0.25, 0.3) is 0 Å². The summed E-state index contributed by atoms with van der Waals surface area (Å²) in [6.45, 7) is 5.65. The molecule has 0 fully saturated rings. The molecule has 1 unspecified atom stereocenters. The summed E-state index contributed by atoms with van der Waals surface area (Å²) in [5, 5.41) is 5.22. The number of ketones is 1. The SMILES string of the molecule is CC(=O)CCS(=O)CC(=O)NCCNC(=O)C(C)C. The molecule has 0 aliphatic carbocycles. The molecule has 0 bridgehead atoms. The van der Waals surface area contributed by atoms with Gasteiger partial charge >= 0.3 is 0 Å². The number of hydrogen-bond donors (Lipinski definition) is 2. The van der Waals surface area contributed by atoms with Gasteiger partial charge in [0.2, 0.25) is 11.8 Å². The highest BCUT2D eigenvalue weighted by atomic mass is 32.2. The summed E-state index contributed by atoms with van der Waals surface area (Å²) in [5.41, 5.74) is 0. The standard InChI is InChI=1S/C12H22N2O4S/c1-9(2)12(17)14-6-5-13-11(16)8-19(18)7-4-10(3)15/h9H,4-8H2,1-3H3,(H,13,16)(H,14,17). The fourth-order valence-corrected chi connectivity index (χ4v) is 2.17. The first kappa shape index (κ1) is 17.8. The summed E-state index contributed by atoms with van der Waals surface area (Å²) >= 11 is 0. The Bertz CT molecular complexity index is 356. The predicted molar refractivity (Wildman–Crippen MR) is 74.0 cm³/mol. The van der Waals surface area contributed by atoms with E-state index in [9.17, 15) is 18.6 Å². The Morgan fingerprint density at radius 1 is 1.11 bits per heavy atom. The van der Waals surface area contributed by atoms with Crippen molar-refractivity contribution in [3.05, 3.63) is 0 Å². The van der Waals surface area contributed by atoms with E-state index in [1.54, 1.807) is 13.8 Å². The first-order valence-electron chi connectivity index (χ1n) is 6.21. The minimum atomic E-state index is -1.31. The lowest BCUT2D eigenvalue weighted by Gasteiger charge is -2.08. The Kier molecular flexibility index (Phi) is 9.03. The van der Waals surface area contributed by atoms with Gasteiger partial charge in [0.15, 0.2) is 0 Å². The molecule has 0 aliphatic heterocycles. The zero-order chi connectivity index (χ0) is 14.8. The van der Waals surface area contributed by atoms with E-state index in [0.717, 1.165) is 0 Å². The first-order chi connectivity index (χ1) is 8.82. The van der Waals surface area contributed by atoms with E-state index < -0.39 is 10.8 Å². The second-order valence-electron chi connectivity index (χ2n) is 4.54. The third kappa shape index (κ3) is 10.4. The van der Waals surface area contributed by atoms with Gasteiger partial charge in [-0.25, -0.2) is 0 Å². The highest BCUT2D eigenvalue weighted by Gasteiger charge is 2.09. The number of nitrogens with one attached hydrogen (secondary N) is 2. The predicted octanol–water partition coefficient (Wildman–Crippen LogP) is -0.397. The summed E-state index contributed by atoms with van der Waals surface area (Å²) in [6.07, 6.45) is 0.227. The van der Waals surface area contributed by atoms with Crippen molar-refractivity contribution in [1.29, 1.82) is 0 Å². The Hall–Kier alpha value is -1.24. The van der Waals surface area contributed by atoms with Crippen LogP contribution >= 0.6 is 0 Å². The molecular weight excluding hydrogens is 268 g/mol. The van der Waals surface area contributed by atoms with Gasteiger partial charge in [-0.1, -0.05) is 13.8 Å². The minimum absolute atomic E-state index is 0.0369. The number of Topliss-reactive ketones (excluding diaryl/α,β-unsaturated/α-hetero) is 1. The maximum Gasteiger partial charge on any atom is 0.232 e. The van der Waals surface area contributed by atoms with E-state index in [0.29, 0.717) is 13.1 Å². The Morgan fingerprint density at radius 2 is 1.68 bits per heavy atom. The van der Waals surface area contributed by atoms with Crippen LogP contribution in [0.15, 0.2) is 0 Å². The molecule has 0 aromatic rings. The highest BCUT2D eigenvalue weighted by Crippen LogP contribution is 1.90. The molecule has 0 aromatic heterocycles. The van der Waals surface area contributed by atoms with Crippen molar-refractivity contribution in [2.45, 2.75) is 27.2 Å². The number of amides is 2. The normalized spacial score (nSPS) is 12.0.